The minimum atomic E-state index is 0.712. The normalized spacial score (nSPS) is 12.0. The lowest BCUT2D eigenvalue weighted by molar-refractivity contribution is 0.206. The van der Waals surface area contributed by atoms with Crippen molar-refractivity contribution in [2.45, 2.75) is 0 Å². The number of nitrogens with two attached hydrogens (primary N) is 2. The quantitative estimate of drug-likeness (QED) is 0.0716. The highest BCUT2D eigenvalue weighted by Gasteiger charge is 2.09. The van der Waals surface area contributed by atoms with Gasteiger partial charge in [0.25, 0.3) is 0 Å². The van der Waals surface area contributed by atoms with E-state index in [2.05, 4.69) is 41.3 Å². The molecule has 0 amide bonds. The zero-order valence-electron chi connectivity index (χ0n) is 20.7. The van der Waals surface area contributed by atoms with Gasteiger partial charge < -0.3 is 38.1 Å². The third kappa shape index (κ3) is 20.0. The van der Waals surface area contributed by atoms with E-state index in [0.29, 0.717) is 13.1 Å². The van der Waals surface area contributed by atoms with Crippen LogP contribution in [0.4, 0.5) is 0 Å². The fourth-order valence-corrected chi connectivity index (χ4v) is 3.37. The molecule has 0 aromatic carbocycles. The summed E-state index contributed by atoms with van der Waals surface area (Å²) in [5, 5.41) is 16.8. The number of likely N-dealkylation sites (N-methyl/N-ethyl adjacent to an activating group) is 3. The van der Waals surface area contributed by atoms with Gasteiger partial charge in [0.05, 0.1) is 0 Å². The van der Waals surface area contributed by atoms with Crippen molar-refractivity contribution in [2.24, 2.45) is 11.5 Å². The fraction of sp³-hybridized carbons (Fsp3) is 1.00. The number of hydrogen-bond donors (Lipinski definition) is 7. The molecule has 0 unspecified atom stereocenters. The van der Waals surface area contributed by atoms with Crippen molar-refractivity contribution in [1.29, 1.82) is 0 Å². The van der Waals surface area contributed by atoms with Crippen LogP contribution in [0.2, 0.25) is 0 Å². The summed E-state index contributed by atoms with van der Waals surface area (Å²) < 4.78 is 0. The zero-order chi connectivity index (χ0) is 23.0. The Morgan fingerprint density at radius 2 is 0.774 bits per heavy atom. The van der Waals surface area contributed by atoms with E-state index in [9.17, 15) is 0 Å². The van der Waals surface area contributed by atoms with Gasteiger partial charge in [0, 0.05) is 118 Å². The topological polar surface area (TPSA) is 122 Å². The van der Waals surface area contributed by atoms with E-state index in [4.69, 9.17) is 11.5 Å². The number of nitrogens with zero attached hydrogens (tertiary/aromatic N) is 3. The highest BCUT2D eigenvalue weighted by molar-refractivity contribution is 4.68. The minimum absolute atomic E-state index is 0.712. The van der Waals surface area contributed by atoms with Gasteiger partial charge in [0.1, 0.15) is 0 Å². The molecule has 0 aromatic heterocycles. The van der Waals surface area contributed by atoms with Crippen LogP contribution in [0.3, 0.4) is 0 Å². The van der Waals surface area contributed by atoms with Gasteiger partial charge in [-0.1, -0.05) is 0 Å². The summed E-state index contributed by atoms with van der Waals surface area (Å²) >= 11 is 0. The molecule has 188 valence electrons. The lowest BCUT2D eigenvalue weighted by Gasteiger charge is -2.28. The standard InChI is InChI=1S/C21H54N10/c1-24-6-7-27-10-18-31(21-20-30(14-5-23)16-9-26-3)19-12-28-11-17-29(13-4-22)15-8-25-2/h24-28H,4-23H2,1-3H3. The number of hydrogen-bond acceptors (Lipinski definition) is 10. The Bertz CT molecular complexity index is 348. The molecule has 0 aliphatic carbocycles. The molecule has 31 heavy (non-hydrogen) atoms. The van der Waals surface area contributed by atoms with Gasteiger partial charge in [-0.3, -0.25) is 14.7 Å². The smallest absolute Gasteiger partial charge is 0.0110 e. The second-order valence-electron chi connectivity index (χ2n) is 7.91. The average Bonchev–Trinajstić information content (AvgIpc) is 2.77. The Morgan fingerprint density at radius 3 is 1.19 bits per heavy atom. The van der Waals surface area contributed by atoms with Crippen molar-refractivity contribution in [2.75, 3.05) is 139 Å². The Kier molecular flexibility index (Phi) is 23.9. The van der Waals surface area contributed by atoms with Gasteiger partial charge in [-0.2, -0.15) is 0 Å². The van der Waals surface area contributed by atoms with Crippen LogP contribution in [0.5, 0.6) is 0 Å². The number of rotatable bonds is 25. The second kappa shape index (κ2) is 24.2. The van der Waals surface area contributed by atoms with Crippen LogP contribution in [0, 0.1) is 0 Å². The molecule has 0 rings (SSSR count). The highest BCUT2D eigenvalue weighted by atomic mass is 15.2. The Labute approximate surface area is 192 Å². The highest BCUT2D eigenvalue weighted by Crippen LogP contribution is 1.93. The number of nitrogens with one attached hydrogen (secondary N) is 5. The van der Waals surface area contributed by atoms with E-state index in [0.717, 1.165) is 105 Å². The first-order valence-corrected chi connectivity index (χ1v) is 12.1. The molecular weight excluding hydrogens is 392 g/mol. The van der Waals surface area contributed by atoms with Crippen molar-refractivity contribution in [3.63, 3.8) is 0 Å². The zero-order valence-corrected chi connectivity index (χ0v) is 20.7. The summed E-state index contributed by atoms with van der Waals surface area (Å²) in [7, 11) is 5.99. The van der Waals surface area contributed by atoms with Crippen molar-refractivity contribution in [1.82, 2.24) is 41.3 Å². The van der Waals surface area contributed by atoms with Crippen molar-refractivity contribution < 1.29 is 0 Å². The molecule has 0 radical (unpaired) electrons. The molecule has 0 aromatic rings. The second-order valence-corrected chi connectivity index (χ2v) is 7.91. The van der Waals surface area contributed by atoms with Gasteiger partial charge in [0.2, 0.25) is 0 Å². The first-order valence-electron chi connectivity index (χ1n) is 12.1. The summed E-state index contributed by atoms with van der Waals surface area (Å²) in [6, 6.07) is 0. The molecule has 0 heterocycles. The van der Waals surface area contributed by atoms with Gasteiger partial charge in [-0.15, -0.1) is 0 Å². The summed E-state index contributed by atoms with van der Waals surface area (Å²) in [6.45, 7) is 17.8. The van der Waals surface area contributed by atoms with Crippen LogP contribution in [0.25, 0.3) is 0 Å². The van der Waals surface area contributed by atoms with Crippen LogP contribution in [-0.4, -0.2) is 154 Å². The van der Waals surface area contributed by atoms with Crippen molar-refractivity contribution >= 4 is 0 Å². The minimum Gasteiger partial charge on any atom is -0.329 e. The maximum Gasteiger partial charge on any atom is 0.0110 e. The first-order chi connectivity index (χ1) is 15.2. The summed E-state index contributed by atoms with van der Waals surface area (Å²) in [6.07, 6.45) is 0. The van der Waals surface area contributed by atoms with Gasteiger partial charge in [0.15, 0.2) is 0 Å². The van der Waals surface area contributed by atoms with E-state index >= 15 is 0 Å². The van der Waals surface area contributed by atoms with E-state index < -0.39 is 0 Å². The first kappa shape index (κ1) is 30.6. The molecule has 0 bridgehead atoms. The van der Waals surface area contributed by atoms with Crippen molar-refractivity contribution in [3.05, 3.63) is 0 Å². The van der Waals surface area contributed by atoms with E-state index in [1.165, 1.54) is 0 Å². The van der Waals surface area contributed by atoms with Crippen LogP contribution in [0.1, 0.15) is 0 Å². The Hall–Kier alpha value is -0.400. The van der Waals surface area contributed by atoms with Crippen LogP contribution >= 0.6 is 0 Å². The molecule has 0 aliphatic rings. The average molecular weight is 447 g/mol. The molecule has 0 aliphatic heterocycles. The monoisotopic (exact) mass is 446 g/mol. The van der Waals surface area contributed by atoms with Gasteiger partial charge in [-0.25, -0.2) is 0 Å². The van der Waals surface area contributed by atoms with Crippen LogP contribution in [-0.2, 0) is 0 Å². The van der Waals surface area contributed by atoms with E-state index in [1.54, 1.807) is 0 Å². The molecule has 9 N–H and O–H groups in total. The molecule has 0 saturated heterocycles. The molecule has 10 heteroatoms. The Morgan fingerprint density at radius 1 is 0.419 bits per heavy atom. The predicted molar refractivity (Wildman–Crippen MR) is 135 cm³/mol. The summed E-state index contributed by atoms with van der Waals surface area (Å²) in [5.74, 6) is 0. The maximum absolute atomic E-state index is 5.81. The predicted octanol–water partition coefficient (Wildman–Crippen LogP) is -3.35. The lowest BCUT2D eigenvalue weighted by atomic mass is 10.3. The fourth-order valence-electron chi connectivity index (χ4n) is 3.37. The van der Waals surface area contributed by atoms with Crippen LogP contribution in [0.15, 0.2) is 0 Å². The van der Waals surface area contributed by atoms with E-state index in [1.807, 2.05) is 21.1 Å². The SMILES string of the molecule is CNCCNCCN(CCNCCN(CCN)CCNC)CCN(CCN)CCNC. The maximum atomic E-state index is 5.81. The molecule has 10 nitrogen and oxygen atoms in total. The third-order valence-electron chi connectivity index (χ3n) is 5.35. The Balaban J connectivity index is 4.31. The lowest BCUT2D eigenvalue weighted by Crippen LogP contribution is -2.45. The van der Waals surface area contributed by atoms with Gasteiger partial charge in [-0.05, 0) is 21.1 Å². The van der Waals surface area contributed by atoms with Gasteiger partial charge >= 0.3 is 0 Å². The molecule has 0 saturated carbocycles. The summed E-state index contributed by atoms with van der Waals surface area (Å²) in [5.41, 5.74) is 11.5. The van der Waals surface area contributed by atoms with E-state index in [-0.39, 0.29) is 0 Å². The van der Waals surface area contributed by atoms with Crippen LogP contribution < -0.4 is 38.1 Å². The largest absolute Gasteiger partial charge is 0.329 e. The molecule has 0 spiro atoms. The third-order valence-corrected chi connectivity index (χ3v) is 5.35. The molecule has 0 fully saturated rings. The molecular formula is C21H54N10. The van der Waals surface area contributed by atoms with Crippen molar-refractivity contribution in [3.8, 4) is 0 Å². The summed E-state index contributed by atoms with van der Waals surface area (Å²) in [4.78, 5) is 7.43. The molecule has 0 atom stereocenters.